The van der Waals surface area contributed by atoms with Gasteiger partial charge in [-0.25, -0.2) is 8.42 Å². The van der Waals surface area contributed by atoms with Crippen LogP contribution in [0.15, 0.2) is 139 Å². The van der Waals surface area contributed by atoms with Gasteiger partial charge in [-0.2, -0.15) is 0 Å². The van der Waals surface area contributed by atoms with Crippen molar-refractivity contribution >= 4 is 39.1 Å². The fourth-order valence-electron chi connectivity index (χ4n) is 8.68. The van der Waals surface area contributed by atoms with E-state index in [1.807, 2.05) is 43.8 Å². The molecule has 0 amide bonds. The minimum atomic E-state index is -3.43. The van der Waals surface area contributed by atoms with E-state index in [9.17, 15) is 8.42 Å². The molecule has 0 spiro atoms. The first-order valence-corrected chi connectivity index (χ1v) is 24.6. The molecular weight excluding hydrogens is 771 g/mol. The average Bonchev–Trinajstić information content (AvgIpc) is 3.27. The third-order valence-electron chi connectivity index (χ3n) is 12.4. The quantitative estimate of drug-likeness (QED) is 0.162. The summed E-state index contributed by atoms with van der Waals surface area (Å²) in [5.74, 6) is 2.02. The van der Waals surface area contributed by atoms with Crippen molar-refractivity contribution in [1.29, 1.82) is 0 Å². The molecule has 4 aliphatic rings. The van der Waals surface area contributed by atoms with E-state index in [4.69, 9.17) is 5.11 Å². The zero-order valence-electron chi connectivity index (χ0n) is 34.5. The Morgan fingerprint density at radius 3 is 1.79 bits per heavy atom. The number of sulfone groups is 1. The molecule has 0 radical (unpaired) electrons. The zero-order valence-corrected chi connectivity index (χ0v) is 36.9. The van der Waals surface area contributed by atoms with E-state index in [0.29, 0.717) is 23.3 Å². The lowest BCUT2D eigenvalue weighted by molar-refractivity contribution is 0.190. The fraction of sp³-hybridized carbons (Fsp3) is 0.392. The summed E-state index contributed by atoms with van der Waals surface area (Å²) in [6.07, 6.45) is 15.7. The summed E-state index contributed by atoms with van der Waals surface area (Å²) >= 11 is 3.72. The van der Waals surface area contributed by atoms with E-state index in [0.717, 1.165) is 35.6 Å². The third-order valence-corrected chi connectivity index (χ3v) is 16.4. The number of hydrogen-bond donors (Lipinski definition) is 1. The molecule has 304 valence electrons. The van der Waals surface area contributed by atoms with E-state index >= 15 is 0 Å². The number of aliphatic hydroxyl groups is 1. The van der Waals surface area contributed by atoms with Gasteiger partial charge in [0.05, 0.1) is 4.90 Å². The summed E-state index contributed by atoms with van der Waals surface area (Å²) in [6, 6.07) is 37.7. The molecule has 0 saturated heterocycles. The van der Waals surface area contributed by atoms with E-state index in [1.54, 1.807) is 29.5 Å². The van der Waals surface area contributed by atoms with Crippen LogP contribution in [-0.4, -0.2) is 31.7 Å². The van der Waals surface area contributed by atoms with Gasteiger partial charge < -0.3 is 5.11 Å². The Morgan fingerprint density at radius 2 is 1.21 bits per heavy atom. The highest BCUT2D eigenvalue weighted by molar-refractivity contribution is 7.99. The maximum absolute atomic E-state index is 12.5. The second-order valence-electron chi connectivity index (χ2n) is 16.6. The van der Waals surface area contributed by atoms with Crippen LogP contribution in [0.2, 0.25) is 0 Å². The smallest absolute Gasteiger partial charge is 0.198 e. The van der Waals surface area contributed by atoms with Crippen LogP contribution >= 0.6 is 23.5 Å². The maximum Gasteiger partial charge on any atom is 0.198 e. The van der Waals surface area contributed by atoms with E-state index < -0.39 is 9.84 Å². The largest absolute Gasteiger partial charge is 0.396 e. The SMILES string of the molecule is CC(=NCS(=O)(=O)c1ccc(C)cc1)c1ccc2c(c1)Cc1ccccc1S2.CC(c1ccc2c(c1)Cc1ccccc1S2)C1CCCCC1.OCC1CCCCC1. The average molecular weight is 830 g/mol. The summed E-state index contributed by atoms with van der Waals surface area (Å²) in [6.45, 7) is 6.67. The highest BCUT2D eigenvalue weighted by Gasteiger charge is 2.24. The zero-order chi connectivity index (χ0) is 40.5. The number of benzene rings is 5. The van der Waals surface area contributed by atoms with Gasteiger partial charge in [0, 0.05) is 31.9 Å². The second kappa shape index (κ2) is 20.1. The Labute approximate surface area is 356 Å². The Morgan fingerprint density at radius 1 is 0.672 bits per heavy atom. The lowest BCUT2D eigenvalue weighted by Crippen LogP contribution is -2.14. The van der Waals surface area contributed by atoms with Crippen molar-refractivity contribution < 1.29 is 13.5 Å². The highest BCUT2D eigenvalue weighted by atomic mass is 32.2. The molecule has 1 unspecified atom stereocenters. The molecule has 2 fully saturated rings. The van der Waals surface area contributed by atoms with Crippen molar-refractivity contribution in [3.8, 4) is 0 Å². The predicted octanol–water partition coefficient (Wildman–Crippen LogP) is 13.3. The fourth-order valence-corrected chi connectivity index (χ4v) is 11.8. The molecule has 2 aliphatic heterocycles. The molecule has 2 saturated carbocycles. The van der Waals surface area contributed by atoms with Crippen molar-refractivity contribution in [2.75, 3.05) is 12.5 Å². The number of rotatable bonds is 7. The number of aliphatic imine (C=N–C) groups is 1. The highest BCUT2D eigenvalue weighted by Crippen LogP contribution is 2.43. The lowest BCUT2D eigenvalue weighted by Gasteiger charge is -2.29. The maximum atomic E-state index is 12.5. The lowest BCUT2D eigenvalue weighted by atomic mass is 9.77. The first kappa shape index (κ1) is 42.5. The first-order valence-electron chi connectivity index (χ1n) is 21.4. The Hall–Kier alpha value is -3.62. The number of aryl methyl sites for hydroxylation is 1. The van der Waals surface area contributed by atoms with Crippen LogP contribution in [0.1, 0.15) is 123 Å². The Bertz CT molecular complexity index is 2290. The first-order chi connectivity index (χ1) is 28.2. The van der Waals surface area contributed by atoms with Crippen molar-refractivity contribution in [2.24, 2.45) is 16.8 Å². The standard InChI is InChI=1S/C23H21NO2S2.C21H24S.C7H14O/c1-16-7-10-21(11-8-16)28(25,26)15-24-17(2)18-9-12-23-20(13-18)14-19-5-3-4-6-22(19)27-23;1-15(16-7-3-2-4-8-16)17-11-12-21-19(13-17)14-18-9-5-6-10-20(18)22-21;8-6-7-4-2-1-3-5-7/h3-13H,14-15H2,1-2H3;5-6,9-13,15-16H,2-4,7-8,14H2,1H3;7-8H,1-6H2. The summed E-state index contributed by atoms with van der Waals surface area (Å²) in [5, 5.41) is 8.69. The number of nitrogens with zero attached hydrogens (tertiary/aromatic N) is 1. The van der Waals surface area contributed by atoms with E-state index in [2.05, 4.69) is 90.8 Å². The normalized spacial score (nSPS) is 17.2. The molecule has 7 heteroatoms. The molecule has 5 aromatic carbocycles. The van der Waals surface area contributed by atoms with Crippen LogP contribution in [0, 0.1) is 18.8 Å². The van der Waals surface area contributed by atoms with Crippen LogP contribution in [-0.2, 0) is 22.7 Å². The number of aliphatic hydroxyl groups excluding tert-OH is 1. The van der Waals surface area contributed by atoms with Crippen molar-refractivity contribution in [2.45, 2.75) is 128 Å². The molecule has 4 nitrogen and oxygen atoms in total. The van der Waals surface area contributed by atoms with Gasteiger partial charge in [0.1, 0.15) is 5.88 Å². The van der Waals surface area contributed by atoms with Crippen LogP contribution in [0.5, 0.6) is 0 Å². The summed E-state index contributed by atoms with van der Waals surface area (Å²) in [5.41, 5.74) is 9.91. The minimum absolute atomic E-state index is 0.240. The van der Waals surface area contributed by atoms with Gasteiger partial charge in [0.15, 0.2) is 9.84 Å². The summed E-state index contributed by atoms with van der Waals surface area (Å²) < 4.78 is 25.1. The molecule has 58 heavy (non-hydrogen) atoms. The minimum Gasteiger partial charge on any atom is -0.396 e. The van der Waals surface area contributed by atoms with Gasteiger partial charge in [-0.05, 0) is 146 Å². The van der Waals surface area contributed by atoms with Gasteiger partial charge in [-0.1, -0.05) is 141 Å². The molecule has 0 aromatic heterocycles. The van der Waals surface area contributed by atoms with Crippen LogP contribution in [0.25, 0.3) is 0 Å². The molecule has 5 aromatic rings. The Balaban J connectivity index is 0.000000151. The molecule has 9 rings (SSSR count). The number of hydrogen-bond acceptors (Lipinski definition) is 6. The van der Waals surface area contributed by atoms with Gasteiger partial charge in [-0.3, -0.25) is 4.99 Å². The van der Waals surface area contributed by atoms with Crippen molar-refractivity contribution in [3.05, 3.63) is 148 Å². The summed E-state index contributed by atoms with van der Waals surface area (Å²) in [7, 11) is -3.43. The monoisotopic (exact) mass is 829 g/mol. The molecule has 2 aliphatic carbocycles. The van der Waals surface area contributed by atoms with E-state index in [-0.39, 0.29) is 5.88 Å². The molecular formula is C51H59NO3S3. The van der Waals surface area contributed by atoms with Crippen LogP contribution < -0.4 is 0 Å². The molecule has 2 heterocycles. The predicted molar refractivity (Wildman–Crippen MR) is 244 cm³/mol. The third kappa shape index (κ3) is 10.9. The Kier molecular flexibility index (Phi) is 14.7. The van der Waals surface area contributed by atoms with Gasteiger partial charge in [-0.15, -0.1) is 0 Å². The van der Waals surface area contributed by atoms with Gasteiger partial charge >= 0.3 is 0 Å². The summed E-state index contributed by atoms with van der Waals surface area (Å²) in [4.78, 5) is 10.1. The van der Waals surface area contributed by atoms with Gasteiger partial charge in [0.2, 0.25) is 0 Å². The van der Waals surface area contributed by atoms with Crippen molar-refractivity contribution in [1.82, 2.24) is 0 Å². The molecule has 1 N–H and O–H groups in total. The molecule has 1 atom stereocenters. The second-order valence-corrected chi connectivity index (χ2v) is 20.8. The van der Waals surface area contributed by atoms with E-state index in [1.165, 1.54) is 106 Å². The van der Waals surface area contributed by atoms with Crippen LogP contribution in [0.3, 0.4) is 0 Å². The van der Waals surface area contributed by atoms with Gasteiger partial charge in [0.25, 0.3) is 0 Å². The van der Waals surface area contributed by atoms with Crippen LogP contribution in [0.4, 0.5) is 0 Å². The topological polar surface area (TPSA) is 66.7 Å². The van der Waals surface area contributed by atoms with Crippen molar-refractivity contribution in [3.63, 3.8) is 0 Å². The number of fused-ring (bicyclic) bond motifs is 4. The molecule has 0 bridgehead atoms.